The van der Waals surface area contributed by atoms with Gasteiger partial charge in [0.2, 0.25) is 5.89 Å². The van der Waals surface area contributed by atoms with E-state index >= 15 is 0 Å². The van der Waals surface area contributed by atoms with Gasteiger partial charge in [-0.1, -0.05) is 84.9 Å². The van der Waals surface area contributed by atoms with E-state index in [1.54, 1.807) is 0 Å². The summed E-state index contributed by atoms with van der Waals surface area (Å²) in [4.78, 5) is 9.04. The van der Waals surface area contributed by atoms with Gasteiger partial charge in [0.05, 0.1) is 0 Å². The van der Waals surface area contributed by atoms with Crippen molar-refractivity contribution in [2.45, 2.75) is 0 Å². The minimum atomic E-state index is 0.638. The second-order valence-corrected chi connectivity index (χ2v) is 9.84. The van der Waals surface area contributed by atoms with Gasteiger partial charge in [-0.3, -0.25) is 4.98 Å². The Kier molecular flexibility index (Phi) is 4.82. The lowest BCUT2D eigenvalue weighted by atomic mass is 9.85. The number of aromatic nitrogens is 2. The van der Waals surface area contributed by atoms with E-state index in [0.29, 0.717) is 5.89 Å². The molecular formula is C36H22N2O. The summed E-state index contributed by atoms with van der Waals surface area (Å²) < 4.78 is 6.02. The van der Waals surface area contributed by atoms with Crippen molar-refractivity contribution in [2.75, 3.05) is 0 Å². The Morgan fingerprint density at radius 3 is 1.77 bits per heavy atom. The maximum absolute atomic E-state index is 6.02. The number of fused-ring (bicyclic) bond motifs is 4. The molecule has 0 aliphatic heterocycles. The largest absolute Gasteiger partial charge is 0.436 e. The Morgan fingerprint density at radius 2 is 1.08 bits per heavy atom. The summed E-state index contributed by atoms with van der Waals surface area (Å²) in [7, 11) is 0. The van der Waals surface area contributed by atoms with Crippen LogP contribution >= 0.6 is 0 Å². The molecule has 6 aromatic carbocycles. The number of oxazole rings is 1. The molecule has 0 amide bonds. The molecule has 3 heteroatoms. The van der Waals surface area contributed by atoms with Crippen LogP contribution in [0.4, 0.5) is 0 Å². The SMILES string of the molecule is c1ccc2oc(-c3ccc(-c4c5ccccc5c(-c5ccc6ccncc6c5)c5ccccc45)cc3)nc2c1. The average molecular weight is 499 g/mol. The van der Waals surface area contributed by atoms with Crippen LogP contribution in [0.3, 0.4) is 0 Å². The van der Waals surface area contributed by atoms with Gasteiger partial charge in [-0.25, -0.2) is 4.98 Å². The molecule has 0 aliphatic carbocycles. The van der Waals surface area contributed by atoms with Crippen LogP contribution in [0.5, 0.6) is 0 Å². The van der Waals surface area contributed by atoms with Gasteiger partial charge in [-0.05, 0) is 85.6 Å². The van der Waals surface area contributed by atoms with Crippen molar-refractivity contribution in [1.29, 1.82) is 0 Å². The van der Waals surface area contributed by atoms with E-state index in [2.05, 4.69) is 107 Å². The van der Waals surface area contributed by atoms with E-state index in [1.807, 2.05) is 36.7 Å². The Bertz CT molecular complexity index is 2080. The zero-order valence-corrected chi connectivity index (χ0v) is 21.0. The summed E-state index contributed by atoms with van der Waals surface area (Å²) in [6.07, 6.45) is 3.78. The number of benzene rings is 6. The summed E-state index contributed by atoms with van der Waals surface area (Å²) in [5.41, 5.74) is 7.47. The van der Waals surface area contributed by atoms with E-state index < -0.39 is 0 Å². The highest BCUT2D eigenvalue weighted by Gasteiger charge is 2.17. The molecule has 0 radical (unpaired) electrons. The van der Waals surface area contributed by atoms with Crippen LogP contribution in [-0.4, -0.2) is 9.97 Å². The van der Waals surface area contributed by atoms with E-state index in [9.17, 15) is 0 Å². The summed E-state index contributed by atoms with van der Waals surface area (Å²) in [6.45, 7) is 0. The number of hydrogen-bond donors (Lipinski definition) is 0. The molecule has 0 N–H and O–H groups in total. The number of rotatable bonds is 3. The van der Waals surface area contributed by atoms with Crippen LogP contribution in [0, 0.1) is 0 Å². The lowest BCUT2D eigenvalue weighted by molar-refractivity contribution is 0.620. The fraction of sp³-hybridized carbons (Fsp3) is 0. The van der Waals surface area contributed by atoms with Gasteiger partial charge >= 0.3 is 0 Å². The molecule has 0 saturated heterocycles. The minimum absolute atomic E-state index is 0.638. The maximum atomic E-state index is 6.02. The highest BCUT2D eigenvalue weighted by Crippen LogP contribution is 2.44. The van der Waals surface area contributed by atoms with E-state index in [4.69, 9.17) is 4.42 Å². The van der Waals surface area contributed by atoms with Gasteiger partial charge in [-0.15, -0.1) is 0 Å². The Balaban J connectivity index is 1.35. The predicted molar refractivity (Wildman–Crippen MR) is 161 cm³/mol. The number of para-hydroxylation sites is 2. The Labute approximate surface area is 225 Å². The predicted octanol–water partition coefficient (Wildman–Crippen LogP) is 9.68. The molecule has 182 valence electrons. The van der Waals surface area contributed by atoms with Crippen LogP contribution in [0.25, 0.3) is 77.1 Å². The third-order valence-electron chi connectivity index (χ3n) is 7.58. The Hall–Kier alpha value is -5.28. The summed E-state index contributed by atoms with van der Waals surface area (Å²) in [5.74, 6) is 0.638. The van der Waals surface area contributed by atoms with Crippen LogP contribution < -0.4 is 0 Å². The number of nitrogens with zero attached hydrogens (tertiary/aromatic N) is 2. The molecule has 0 spiro atoms. The van der Waals surface area contributed by atoms with Crippen molar-refractivity contribution < 1.29 is 4.42 Å². The maximum Gasteiger partial charge on any atom is 0.227 e. The Morgan fingerprint density at radius 1 is 0.487 bits per heavy atom. The van der Waals surface area contributed by atoms with Crippen molar-refractivity contribution in [3.8, 4) is 33.7 Å². The first kappa shape index (κ1) is 21.8. The van der Waals surface area contributed by atoms with Crippen molar-refractivity contribution in [3.63, 3.8) is 0 Å². The van der Waals surface area contributed by atoms with E-state index in [-0.39, 0.29) is 0 Å². The molecule has 0 aliphatic rings. The lowest BCUT2D eigenvalue weighted by Gasteiger charge is -2.18. The van der Waals surface area contributed by atoms with Gasteiger partial charge in [0.15, 0.2) is 5.58 Å². The van der Waals surface area contributed by atoms with Crippen LogP contribution in [0.1, 0.15) is 0 Å². The average Bonchev–Trinajstić information content (AvgIpc) is 3.44. The minimum Gasteiger partial charge on any atom is -0.436 e. The van der Waals surface area contributed by atoms with Crippen molar-refractivity contribution in [1.82, 2.24) is 9.97 Å². The standard InChI is InChI=1S/C36H22N2O/c1-3-9-30-28(7-1)34(24-14-16-25(17-15-24)36-38-32-11-5-6-12-33(32)39-36)29-8-2-4-10-31(29)35(30)26-18-13-23-19-20-37-22-27(23)21-26/h1-22H. The van der Waals surface area contributed by atoms with Gasteiger partial charge in [0, 0.05) is 23.3 Å². The molecule has 2 aromatic heterocycles. The van der Waals surface area contributed by atoms with Gasteiger partial charge in [-0.2, -0.15) is 0 Å². The van der Waals surface area contributed by atoms with Crippen LogP contribution in [-0.2, 0) is 0 Å². The van der Waals surface area contributed by atoms with E-state index in [0.717, 1.165) is 27.6 Å². The normalized spacial score (nSPS) is 11.6. The molecule has 0 saturated carbocycles. The molecule has 0 unspecified atom stereocenters. The first-order chi connectivity index (χ1) is 19.3. The molecule has 3 nitrogen and oxygen atoms in total. The first-order valence-electron chi connectivity index (χ1n) is 13.1. The first-order valence-corrected chi connectivity index (χ1v) is 13.1. The topological polar surface area (TPSA) is 38.9 Å². The number of pyridine rings is 1. The fourth-order valence-corrected chi connectivity index (χ4v) is 5.77. The third-order valence-corrected chi connectivity index (χ3v) is 7.58. The van der Waals surface area contributed by atoms with Gasteiger partial charge < -0.3 is 4.42 Å². The molecular weight excluding hydrogens is 476 g/mol. The smallest absolute Gasteiger partial charge is 0.227 e. The van der Waals surface area contributed by atoms with Crippen LogP contribution in [0.2, 0.25) is 0 Å². The molecule has 8 rings (SSSR count). The van der Waals surface area contributed by atoms with Gasteiger partial charge in [0.25, 0.3) is 0 Å². The second-order valence-electron chi connectivity index (χ2n) is 9.84. The van der Waals surface area contributed by atoms with Gasteiger partial charge in [0.1, 0.15) is 5.52 Å². The van der Waals surface area contributed by atoms with Crippen molar-refractivity contribution >= 4 is 43.4 Å². The highest BCUT2D eigenvalue weighted by atomic mass is 16.3. The molecule has 8 aromatic rings. The lowest BCUT2D eigenvalue weighted by Crippen LogP contribution is -1.91. The summed E-state index contributed by atoms with van der Waals surface area (Å²) in [6, 6.07) is 42.6. The monoisotopic (exact) mass is 498 g/mol. The molecule has 0 atom stereocenters. The summed E-state index contributed by atoms with van der Waals surface area (Å²) >= 11 is 0. The molecule has 2 heterocycles. The van der Waals surface area contributed by atoms with Crippen molar-refractivity contribution in [2.24, 2.45) is 0 Å². The van der Waals surface area contributed by atoms with Crippen LogP contribution in [0.15, 0.2) is 138 Å². The molecule has 39 heavy (non-hydrogen) atoms. The second kappa shape index (κ2) is 8.64. The fourth-order valence-electron chi connectivity index (χ4n) is 5.77. The zero-order chi connectivity index (χ0) is 25.8. The number of hydrogen-bond acceptors (Lipinski definition) is 3. The van der Waals surface area contributed by atoms with E-state index in [1.165, 1.54) is 43.6 Å². The quantitative estimate of drug-likeness (QED) is 0.228. The summed E-state index contributed by atoms with van der Waals surface area (Å²) in [5, 5.41) is 7.26. The molecule has 0 fully saturated rings. The van der Waals surface area contributed by atoms with Crippen molar-refractivity contribution in [3.05, 3.63) is 134 Å². The molecule has 0 bridgehead atoms. The zero-order valence-electron chi connectivity index (χ0n) is 21.0. The highest BCUT2D eigenvalue weighted by molar-refractivity contribution is 6.21. The third kappa shape index (κ3) is 3.52.